The first kappa shape index (κ1) is 16.8. The number of hydrogen-bond donors (Lipinski definition) is 1. The van der Waals surface area contributed by atoms with E-state index in [-0.39, 0.29) is 10.8 Å². The lowest BCUT2D eigenvalue weighted by Crippen LogP contribution is -2.32. The smallest absolute Gasteiger partial charge is 0.243 e. The minimum atomic E-state index is -3.54. The molecule has 1 amide bonds. The van der Waals surface area contributed by atoms with Crippen LogP contribution in [0.4, 0.5) is 5.69 Å². The van der Waals surface area contributed by atoms with E-state index in [9.17, 15) is 13.2 Å². The number of carbonyl (C=O) groups excluding carboxylic acids is 1. The molecule has 1 aromatic rings. The highest BCUT2D eigenvalue weighted by Gasteiger charge is 2.26. The summed E-state index contributed by atoms with van der Waals surface area (Å²) in [4.78, 5) is 11.4. The van der Waals surface area contributed by atoms with Gasteiger partial charge in [-0.25, -0.2) is 8.42 Å². The summed E-state index contributed by atoms with van der Waals surface area (Å²) in [6.07, 6.45) is 3.89. The van der Waals surface area contributed by atoms with Crippen molar-refractivity contribution in [2.45, 2.75) is 37.5 Å². The highest BCUT2D eigenvalue weighted by Crippen LogP contribution is 2.29. The van der Waals surface area contributed by atoms with E-state index in [0.717, 1.165) is 25.7 Å². The van der Waals surface area contributed by atoms with Crippen LogP contribution < -0.4 is 10.1 Å². The summed E-state index contributed by atoms with van der Waals surface area (Å²) in [5.41, 5.74) is 0.367. The Hall–Kier alpha value is -1.60. The van der Waals surface area contributed by atoms with Crippen molar-refractivity contribution in [1.29, 1.82) is 0 Å². The van der Waals surface area contributed by atoms with E-state index in [2.05, 4.69) is 5.32 Å². The standard InChI is InChI=1S/C15H22N2O4S/c1-12(18)16-14-11-13(7-8-15(14)21-2)22(19,20)17-9-5-3-4-6-10-17/h7-8,11H,3-6,9-10H2,1-2H3,(H,16,18). The Morgan fingerprint density at radius 3 is 2.36 bits per heavy atom. The highest BCUT2D eigenvalue weighted by atomic mass is 32.2. The average molecular weight is 326 g/mol. The SMILES string of the molecule is COc1ccc(S(=O)(=O)N2CCCCCC2)cc1NC(C)=O. The molecule has 0 saturated carbocycles. The van der Waals surface area contributed by atoms with Crippen LogP contribution in [0.25, 0.3) is 0 Å². The second-order valence-corrected chi connectivity index (χ2v) is 7.30. The molecule has 0 aliphatic carbocycles. The van der Waals surface area contributed by atoms with Crippen LogP contribution in [0.15, 0.2) is 23.1 Å². The zero-order valence-electron chi connectivity index (χ0n) is 13.0. The summed E-state index contributed by atoms with van der Waals surface area (Å²) in [6.45, 7) is 2.46. The van der Waals surface area contributed by atoms with Crippen molar-refractivity contribution in [3.63, 3.8) is 0 Å². The monoisotopic (exact) mass is 326 g/mol. The third-order valence-corrected chi connectivity index (χ3v) is 5.58. The van der Waals surface area contributed by atoms with Crippen LogP contribution in [0, 0.1) is 0 Å². The van der Waals surface area contributed by atoms with Crippen LogP contribution in [0.1, 0.15) is 32.6 Å². The van der Waals surface area contributed by atoms with E-state index in [1.807, 2.05) is 0 Å². The molecular weight excluding hydrogens is 304 g/mol. The van der Waals surface area contributed by atoms with Crippen molar-refractivity contribution < 1.29 is 17.9 Å². The Kier molecular flexibility index (Phi) is 5.42. The molecule has 1 fully saturated rings. The maximum Gasteiger partial charge on any atom is 0.243 e. The number of nitrogens with one attached hydrogen (secondary N) is 1. The number of hydrogen-bond acceptors (Lipinski definition) is 4. The summed E-state index contributed by atoms with van der Waals surface area (Å²) in [5, 5.41) is 2.61. The van der Waals surface area contributed by atoms with Gasteiger partial charge in [-0.3, -0.25) is 4.79 Å². The number of rotatable bonds is 4. The molecule has 2 rings (SSSR count). The predicted molar refractivity (Wildman–Crippen MR) is 84.5 cm³/mol. The molecule has 0 spiro atoms. The van der Waals surface area contributed by atoms with Gasteiger partial charge in [-0.2, -0.15) is 4.31 Å². The highest BCUT2D eigenvalue weighted by molar-refractivity contribution is 7.89. The van der Waals surface area contributed by atoms with Gasteiger partial charge in [-0.15, -0.1) is 0 Å². The molecule has 1 aromatic carbocycles. The van der Waals surface area contributed by atoms with Crippen LogP contribution in [-0.2, 0) is 14.8 Å². The molecule has 0 unspecified atom stereocenters. The topological polar surface area (TPSA) is 75.7 Å². The van der Waals surface area contributed by atoms with Crippen LogP contribution >= 0.6 is 0 Å². The lowest BCUT2D eigenvalue weighted by Gasteiger charge is -2.20. The van der Waals surface area contributed by atoms with Gasteiger partial charge in [0.15, 0.2) is 0 Å². The van der Waals surface area contributed by atoms with E-state index in [0.29, 0.717) is 24.5 Å². The van der Waals surface area contributed by atoms with Gasteiger partial charge in [0.1, 0.15) is 5.75 Å². The maximum absolute atomic E-state index is 12.8. The fourth-order valence-corrected chi connectivity index (χ4v) is 4.11. The van der Waals surface area contributed by atoms with Crippen molar-refractivity contribution in [3.8, 4) is 5.75 Å². The first-order valence-electron chi connectivity index (χ1n) is 7.41. The summed E-state index contributed by atoms with van der Waals surface area (Å²) in [7, 11) is -2.07. The minimum Gasteiger partial charge on any atom is -0.495 e. The Labute approximate surface area is 131 Å². The molecule has 1 saturated heterocycles. The molecule has 1 N–H and O–H groups in total. The first-order valence-corrected chi connectivity index (χ1v) is 8.85. The van der Waals surface area contributed by atoms with Gasteiger partial charge in [0.25, 0.3) is 0 Å². The van der Waals surface area contributed by atoms with Gasteiger partial charge in [-0.1, -0.05) is 12.8 Å². The predicted octanol–water partition coefficient (Wildman–Crippen LogP) is 2.22. The molecule has 0 bridgehead atoms. The van der Waals surface area contributed by atoms with Gasteiger partial charge in [0.05, 0.1) is 17.7 Å². The van der Waals surface area contributed by atoms with E-state index in [1.165, 1.54) is 30.5 Å². The first-order chi connectivity index (χ1) is 10.4. The number of methoxy groups -OCH3 is 1. The fourth-order valence-electron chi connectivity index (χ4n) is 2.57. The van der Waals surface area contributed by atoms with Crippen LogP contribution in [-0.4, -0.2) is 38.8 Å². The summed E-state index contributed by atoms with van der Waals surface area (Å²) in [5.74, 6) is 0.160. The Bertz CT molecular complexity index is 635. The Balaban J connectivity index is 2.35. The number of ether oxygens (including phenoxy) is 1. The Morgan fingerprint density at radius 2 is 1.82 bits per heavy atom. The summed E-state index contributed by atoms with van der Waals surface area (Å²) < 4.78 is 32.2. The van der Waals surface area contributed by atoms with Gasteiger partial charge in [0.2, 0.25) is 15.9 Å². The largest absolute Gasteiger partial charge is 0.495 e. The van der Waals surface area contributed by atoms with Gasteiger partial charge >= 0.3 is 0 Å². The maximum atomic E-state index is 12.8. The molecule has 0 aromatic heterocycles. The lowest BCUT2D eigenvalue weighted by molar-refractivity contribution is -0.114. The number of carbonyl (C=O) groups is 1. The minimum absolute atomic E-state index is 0.180. The number of benzene rings is 1. The third-order valence-electron chi connectivity index (χ3n) is 3.68. The van der Waals surface area contributed by atoms with Crippen molar-refractivity contribution in [3.05, 3.63) is 18.2 Å². The van der Waals surface area contributed by atoms with Crippen molar-refractivity contribution in [2.24, 2.45) is 0 Å². The van der Waals surface area contributed by atoms with Gasteiger partial charge < -0.3 is 10.1 Å². The molecule has 122 valence electrons. The van der Waals surface area contributed by atoms with E-state index < -0.39 is 10.0 Å². The van der Waals surface area contributed by atoms with Crippen LogP contribution in [0.3, 0.4) is 0 Å². The van der Waals surface area contributed by atoms with Crippen LogP contribution in [0.2, 0.25) is 0 Å². The molecule has 1 heterocycles. The molecule has 6 nitrogen and oxygen atoms in total. The van der Waals surface area contributed by atoms with Crippen LogP contribution in [0.5, 0.6) is 5.75 Å². The Morgan fingerprint density at radius 1 is 1.18 bits per heavy atom. The quantitative estimate of drug-likeness (QED) is 0.920. The zero-order valence-corrected chi connectivity index (χ0v) is 13.8. The second kappa shape index (κ2) is 7.11. The molecule has 0 atom stereocenters. The molecule has 1 aliphatic rings. The number of amides is 1. The fraction of sp³-hybridized carbons (Fsp3) is 0.533. The number of anilines is 1. The molecular formula is C15H22N2O4S. The van der Waals surface area contributed by atoms with E-state index in [1.54, 1.807) is 6.07 Å². The van der Waals surface area contributed by atoms with Crippen molar-refractivity contribution >= 4 is 21.6 Å². The van der Waals surface area contributed by atoms with Gasteiger partial charge in [0, 0.05) is 20.0 Å². The molecule has 22 heavy (non-hydrogen) atoms. The molecule has 0 radical (unpaired) electrons. The molecule has 7 heteroatoms. The lowest BCUT2D eigenvalue weighted by atomic mass is 10.2. The normalized spacial score (nSPS) is 16.8. The van der Waals surface area contributed by atoms with Gasteiger partial charge in [-0.05, 0) is 31.0 Å². The summed E-state index contributed by atoms with van der Waals surface area (Å²) >= 11 is 0. The number of nitrogens with zero attached hydrogens (tertiary/aromatic N) is 1. The van der Waals surface area contributed by atoms with Crippen molar-refractivity contribution in [2.75, 3.05) is 25.5 Å². The zero-order chi connectivity index (χ0) is 16.2. The van der Waals surface area contributed by atoms with E-state index >= 15 is 0 Å². The number of sulfonamides is 1. The summed E-state index contributed by atoms with van der Waals surface area (Å²) in [6, 6.07) is 4.54. The third kappa shape index (κ3) is 3.78. The van der Waals surface area contributed by atoms with E-state index in [4.69, 9.17) is 4.74 Å². The molecule has 1 aliphatic heterocycles. The average Bonchev–Trinajstić information content (AvgIpc) is 2.76. The van der Waals surface area contributed by atoms with Crippen molar-refractivity contribution in [1.82, 2.24) is 4.31 Å². The second-order valence-electron chi connectivity index (χ2n) is 5.36.